The van der Waals surface area contributed by atoms with Gasteiger partial charge in [0.2, 0.25) is 21.8 Å². The zero-order valence-corrected chi connectivity index (χ0v) is 11.8. The Morgan fingerprint density at radius 3 is 2.68 bits per heavy atom. The first-order chi connectivity index (χ1) is 8.95. The van der Waals surface area contributed by atoms with Gasteiger partial charge in [-0.1, -0.05) is 0 Å². The Bertz CT molecular complexity index is 570. The number of ether oxygens (including phenoxy) is 1. The van der Waals surface area contributed by atoms with E-state index in [1.54, 1.807) is 11.2 Å². The average molecular weight is 287 g/mol. The SMILES string of the molecule is Cc1nnc([C@H]2CC[C@H]3[C@@H](CCN3S(C)(=O)=O)O2)o1. The zero-order valence-electron chi connectivity index (χ0n) is 10.9. The van der Waals surface area contributed by atoms with Gasteiger partial charge < -0.3 is 9.15 Å². The molecule has 1 aromatic rings. The number of aromatic nitrogens is 2. The summed E-state index contributed by atoms with van der Waals surface area (Å²) in [5.41, 5.74) is 0. The molecule has 2 aliphatic heterocycles. The maximum Gasteiger partial charge on any atom is 0.245 e. The molecule has 0 bridgehead atoms. The van der Waals surface area contributed by atoms with Crippen LogP contribution in [0.2, 0.25) is 0 Å². The monoisotopic (exact) mass is 287 g/mol. The fourth-order valence-corrected chi connectivity index (χ4v) is 4.09. The van der Waals surface area contributed by atoms with Crippen molar-refractivity contribution in [1.82, 2.24) is 14.5 Å². The molecule has 7 nitrogen and oxygen atoms in total. The quantitative estimate of drug-likeness (QED) is 0.793. The van der Waals surface area contributed by atoms with Crippen LogP contribution in [0, 0.1) is 6.92 Å². The Morgan fingerprint density at radius 2 is 2.05 bits per heavy atom. The molecule has 0 aromatic carbocycles. The first-order valence-corrected chi connectivity index (χ1v) is 8.22. The van der Waals surface area contributed by atoms with Gasteiger partial charge in [-0.3, -0.25) is 0 Å². The van der Waals surface area contributed by atoms with Crippen molar-refractivity contribution in [1.29, 1.82) is 0 Å². The minimum atomic E-state index is -3.15. The highest BCUT2D eigenvalue weighted by Gasteiger charge is 2.44. The molecule has 2 saturated heterocycles. The predicted molar refractivity (Wildman–Crippen MR) is 65.8 cm³/mol. The molecule has 2 aliphatic rings. The molecule has 3 rings (SSSR count). The first kappa shape index (κ1) is 13.0. The fourth-order valence-electron chi connectivity index (χ4n) is 2.92. The Balaban J connectivity index is 1.74. The summed E-state index contributed by atoms with van der Waals surface area (Å²) in [6.07, 6.45) is 3.17. The summed E-state index contributed by atoms with van der Waals surface area (Å²) in [5, 5.41) is 7.78. The standard InChI is InChI=1S/C11H17N3O4S/c1-7-12-13-11(17-7)10-4-3-8-9(18-10)5-6-14(8)19(2,15)16/h8-10H,3-6H2,1-2H3/t8-,9+,10+/m0/s1. The third-order valence-corrected chi connectivity index (χ3v) is 5.05. The van der Waals surface area contributed by atoms with Gasteiger partial charge in [0, 0.05) is 13.5 Å². The Morgan fingerprint density at radius 1 is 1.26 bits per heavy atom. The van der Waals surface area contributed by atoms with Crippen LogP contribution in [0.5, 0.6) is 0 Å². The van der Waals surface area contributed by atoms with Gasteiger partial charge in [-0.2, -0.15) is 4.31 Å². The largest absolute Gasteiger partial charge is 0.423 e. The molecule has 0 amide bonds. The van der Waals surface area contributed by atoms with Crippen LogP contribution < -0.4 is 0 Å². The molecule has 19 heavy (non-hydrogen) atoms. The maximum absolute atomic E-state index is 11.7. The Labute approximate surface area is 112 Å². The van der Waals surface area contributed by atoms with Gasteiger partial charge >= 0.3 is 0 Å². The van der Waals surface area contributed by atoms with E-state index in [1.165, 1.54) is 6.26 Å². The molecule has 3 heterocycles. The van der Waals surface area contributed by atoms with Gasteiger partial charge in [0.05, 0.1) is 18.4 Å². The molecule has 1 aromatic heterocycles. The average Bonchev–Trinajstić information content (AvgIpc) is 2.92. The van der Waals surface area contributed by atoms with Crippen LogP contribution in [-0.2, 0) is 14.8 Å². The van der Waals surface area contributed by atoms with Gasteiger partial charge in [0.15, 0.2) is 0 Å². The second-order valence-electron chi connectivity index (χ2n) is 5.13. The number of nitrogens with zero attached hydrogens (tertiary/aromatic N) is 3. The summed E-state index contributed by atoms with van der Waals surface area (Å²) in [6, 6.07) is -0.0460. The topological polar surface area (TPSA) is 85.5 Å². The molecule has 3 atom stereocenters. The van der Waals surface area contributed by atoms with Crippen LogP contribution >= 0.6 is 0 Å². The third-order valence-electron chi connectivity index (χ3n) is 3.74. The summed E-state index contributed by atoms with van der Waals surface area (Å²) in [4.78, 5) is 0. The van der Waals surface area contributed by atoms with Crippen molar-refractivity contribution in [3.63, 3.8) is 0 Å². The van der Waals surface area contributed by atoms with Crippen LogP contribution in [0.3, 0.4) is 0 Å². The van der Waals surface area contributed by atoms with E-state index in [0.29, 0.717) is 24.7 Å². The summed E-state index contributed by atoms with van der Waals surface area (Å²) < 4.78 is 36.2. The smallest absolute Gasteiger partial charge is 0.245 e. The zero-order chi connectivity index (χ0) is 13.6. The lowest BCUT2D eigenvalue weighted by atomic mass is 10.00. The molecular weight excluding hydrogens is 270 g/mol. The highest BCUT2D eigenvalue weighted by Crippen LogP contribution is 2.38. The molecule has 0 unspecified atom stereocenters. The van der Waals surface area contributed by atoms with Crippen molar-refractivity contribution in [2.24, 2.45) is 0 Å². The number of hydrogen-bond donors (Lipinski definition) is 0. The Kier molecular flexibility index (Phi) is 3.11. The highest BCUT2D eigenvalue weighted by molar-refractivity contribution is 7.88. The molecule has 0 spiro atoms. The molecular formula is C11H17N3O4S. The molecule has 0 aliphatic carbocycles. The van der Waals surface area contributed by atoms with Gasteiger partial charge in [-0.25, -0.2) is 8.42 Å². The van der Waals surface area contributed by atoms with E-state index in [2.05, 4.69) is 10.2 Å². The highest BCUT2D eigenvalue weighted by atomic mass is 32.2. The summed E-state index contributed by atoms with van der Waals surface area (Å²) >= 11 is 0. The van der Waals surface area contributed by atoms with Crippen LogP contribution in [0.15, 0.2) is 4.42 Å². The van der Waals surface area contributed by atoms with Crippen molar-refractivity contribution in [3.8, 4) is 0 Å². The summed E-state index contributed by atoms with van der Waals surface area (Å²) in [6.45, 7) is 2.27. The number of sulfonamides is 1. The normalized spacial score (nSPS) is 32.4. The predicted octanol–water partition coefficient (Wildman–Crippen LogP) is 0.632. The molecule has 0 radical (unpaired) electrons. The number of hydrogen-bond acceptors (Lipinski definition) is 6. The summed E-state index contributed by atoms with van der Waals surface area (Å²) in [7, 11) is -3.15. The molecule has 2 fully saturated rings. The van der Waals surface area contributed by atoms with Crippen molar-refractivity contribution in [2.45, 2.75) is 44.4 Å². The van der Waals surface area contributed by atoms with Gasteiger partial charge in [-0.05, 0) is 19.3 Å². The molecule has 8 heteroatoms. The first-order valence-electron chi connectivity index (χ1n) is 6.37. The minimum Gasteiger partial charge on any atom is -0.423 e. The number of fused-ring (bicyclic) bond motifs is 1. The summed E-state index contributed by atoms with van der Waals surface area (Å²) in [5.74, 6) is 1.01. The minimum absolute atomic E-state index is 0.0460. The number of rotatable bonds is 2. The third kappa shape index (κ3) is 2.39. The van der Waals surface area contributed by atoms with Crippen LogP contribution in [0.1, 0.15) is 37.1 Å². The van der Waals surface area contributed by atoms with Gasteiger partial charge in [0.1, 0.15) is 6.10 Å². The van der Waals surface area contributed by atoms with E-state index in [4.69, 9.17) is 9.15 Å². The lowest BCUT2D eigenvalue weighted by molar-refractivity contribution is -0.0738. The molecule has 0 N–H and O–H groups in total. The van der Waals surface area contributed by atoms with Gasteiger partial charge in [0.25, 0.3) is 0 Å². The van der Waals surface area contributed by atoms with E-state index in [9.17, 15) is 8.42 Å². The van der Waals surface area contributed by atoms with E-state index >= 15 is 0 Å². The second kappa shape index (κ2) is 4.53. The Hall–Kier alpha value is -0.990. The number of aryl methyl sites for hydroxylation is 1. The second-order valence-corrected chi connectivity index (χ2v) is 7.06. The maximum atomic E-state index is 11.7. The lowest BCUT2D eigenvalue weighted by Gasteiger charge is -2.33. The van der Waals surface area contributed by atoms with Crippen molar-refractivity contribution < 1.29 is 17.6 Å². The van der Waals surface area contributed by atoms with E-state index < -0.39 is 10.0 Å². The van der Waals surface area contributed by atoms with Gasteiger partial charge in [-0.15, -0.1) is 10.2 Å². The van der Waals surface area contributed by atoms with Crippen molar-refractivity contribution in [2.75, 3.05) is 12.8 Å². The van der Waals surface area contributed by atoms with E-state index in [1.807, 2.05) is 0 Å². The molecule has 106 valence electrons. The van der Waals surface area contributed by atoms with Crippen LogP contribution in [-0.4, -0.2) is 47.9 Å². The van der Waals surface area contributed by atoms with E-state index in [0.717, 1.165) is 12.8 Å². The molecule has 0 saturated carbocycles. The fraction of sp³-hybridized carbons (Fsp3) is 0.818. The van der Waals surface area contributed by atoms with Crippen molar-refractivity contribution in [3.05, 3.63) is 11.8 Å². The van der Waals surface area contributed by atoms with Crippen LogP contribution in [0.25, 0.3) is 0 Å². The van der Waals surface area contributed by atoms with E-state index in [-0.39, 0.29) is 18.2 Å². The van der Waals surface area contributed by atoms with Crippen molar-refractivity contribution >= 4 is 10.0 Å². The van der Waals surface area contributed by atoms with Crippen LogP contribution in [0.4, 0.5) is 0 Å². The lowest BCUT2D eigenvalue weighted by Crippen LogP contribution is -2.42.